The molecule has 0 amide bonds. The van der Waals surface area contributed by atoms with Gasteiger partial charge in [-0.25, -0.2) is 9.97 Å². The van der Waals surface area contributed by atoms with E-state index in [0.717, 1.165) is 39.1 Å². The lowest BCUT2D eigenvalue weighted by Crippen LogP contribution is -2.16. The molecule has 2 aliphatic rings. The average molecular weight is 667 g/mol. The van der Waals surface area contributed by atoms with Crippen LogP contribution in [0, 0.1) is 0 Å². The quantitative estimate of drug-likeness (QED) is 0.188. The van der Waals surface area contributed by atoms with Crippen LogP contribution < -0.4 is 4.74 Å². The number of para-hydroxylation sites is 1. The van der Waals surface area contributed by atoms with Crippen LogP contribution in [0.25, 0.3) is 78.3 Å². The van der Waals surface area contributed by atoms with E-state index in [1.807, 2.05) is 36.4 Å². The number of furan rings is 1. The van der Waals surface area contributed by atoms with Crippen molar-refractivity contribution < 1.29 is 9.15 Å². The van der Waals surface area contributed by atoms with E-state index in [4.69, 9.17) is 19.1 Å². The molecule has 244 valence electrons. The molecule has 0 saturated carbocycles. The number of aromatic nitrogens is 2. The molecule has 0 fully saturated rings. The minimum absolute atomic E-state index is 0.0477. The van der Waals surface area contributed by atoms with Gasteiger partial charge in [0.05, 0.1) is 5.92 Å². The Morgan fingerprint density at radius 3 is 2.13 bits per heavy atom. The summed E-state index contributed by atoms with van der Waals surface area (Å²) < 4.78 is 13.3. The van der Waals surface area contributed by atoms with Gasteiger partial charge in [0.15, 0.2) is 11.4 Å². The molecule has 4 nitrogen and oxygen atoms in total. The van der Waals surface area contributed by atoms with E-state index >= 15 is 0 Å². The molecule has 4 heteroatoms. The zero-order valence-corrected chi connectivity index (χ0v) is 28.0. The second-order valence-corrected chi connectivity index (χ2v) is 13.7. The molecule has 0 bridgehead atoms. The van der Waals surface area contributed by atoms with E-state index < -0.39 is 0 Å². The molecule has 0 saturated heterocycles. The van der Waals surface area contributed by atoms with Crippen LogP contribution in [-0.2, 0) is 0 Å². The number of nitrogens with zero attached hydrogens (tertiary/aromatic N) is 2. The van der Waals surface area contributed by atoms with E-state index in [9.17, 15) is 0 Å². The van der Waals surface area contributed by atoms with Crippen molar-refractivity contribution in [1.82, 2.24) is 9.97 Å². The third-order valence-electron chi connectivity index (χ3n) is 10.7. The van der Waals surface area contributed by atoms with Gasteiger partial charge < -0.3 is 9.15 Å². The Hall–Kier alpha value is -6.78. The van der Waals surface area contributed by atoms with Gasteiger partial charge in [-0.15, -0.1) is 0 Å². The predicted molar refractivity (Wildman–Crippen MR) is 210 cm³/mol. The van der Waals surface area contributed by atoms with Crippen molar-refractivity contribution in [3.63, 3.8) is 0 Å². The fourth-order valence-corrected chi connectivity index (χ4v) is 8.13. The Bertz CT molecular complexity index is 2890. The SMILES string of the molecule is C1=C(c2ccc(-c3ccc4ccccc4c3)cc2)C2c3ccc(-c4nc(-c5ccccc5)c5oc6ccccc6c5n4)cc3OC2c2ccccc21. The zero-order valence-electron chi connectivity index (χ0n) is 28.0. The summed E-state index contributed by atoms with van der Waals surface area (Å²) in [6, 6.07) is 57.5. The van der Waals surface area contributed by atoms with Crippen LogP contribution in [0.15, 0.2) is 168 Å². The highest BCUT2D eigenvalue weighted by molar-refractivity contribution is 6.07. The van der Waals surface area contributed by atoms with Crippen LogP contribution in [0.4, 0.5) is 0 Å². The lowest BCUT2D eigenvalue weighted by atomic mass is 9.76. The predicted octanol–water partition coefficient (Wildman–Crippen LogP) is 12.3. The van der Waals surface area contributed by atoms with E-state index in [-0.39, 0.29) is 12.0 Å². The van der Waals surface area contributed by atoms with Crippen molar-refractivity contribution in [2.45, 2.75) is 12.0 Å². The van der Waals surface area contributed by atoms with Gasteiger partial charge in [0.1, 0.15) is 28.6 Å². The summed E-state index contributed by atoms with van der Waals surface area (Å²) in [6.45, 7) is 0. The maximum atomic E-state index is 6.93. The Morgan fingerprint density at radius 1 is 0.500 bits per heavy atom. The second-order valence-electron chi connectivity index (χ2n) is 13.7. The van der Waals surface area contributed by atoms with Gasteiger partial charge in [0.25, 0.3) is 0 Å². The largest absolute Gasteiger partial charge is 0.484 e. The molecule has 0 radical (unpaired) electrons. The van der Waals surface area contributed by atoms with Crippen LogP contribution in [-0.4, -0.2) is 9.97 Å². The number of fused-ring (bicyclic) bond motifs is 9. The summed E-state index contributed by atoms with van der Waals surface area (Å²) in [4.78, 5) is 10.2. The lowest BCUT2D eigenvalue weighted by Gasteiger charge is -2.29. The van der Waals surface area contributed by atoms with Crippen LogP contribution >= 0.6 is 0 Å². The molecule has 11 rings (SSSR count). The Labute approximate surface area is 300 Å². The molecule has 52 heavy (non-hydrogen) atoms. The minimum atomic E-state index is -0.136. The molecule has 2 aromatic heterocycles. The van der Waals surface area contributed by atoms with Crippen molar-refractivity contribution in [3.8, 4) is 39.5 Å². The van der Waals surface area contributed by atoms with E-state index in [0.29, 0.717) is 11.4 Å². The van der Waals surface area contributed by atoms with Gasteiger partial charge in [0, 0.05) is 27.6 Å². The molecule has 9 aromatic rings. The van der Waals surface area contributed by atoms with Gasteiger partial charge >= 0.3 is 0 Å². The molecule has 1 aliphatic heterocycles. The van der Waals surface area contributed by atoms with Crippen LogP contribution in [0.2, 0.25) is 0 Å². The Balaban J connectivity index is 1.01. The highest BCUT2D eigenvalue weighted by Crippen LogP contribution is 2.56. The number of rotatable bonds is 4. The lowest BCUT2D eigenvalue weighted by molar-refractivity contribution is 0.226. The third kappa shape index (κ3) is 4.54. The van der Waals surface area contributed by atoms with Crippen LogP contribution in [0.5, 0.6) is 5.75 Å². The first-order valence-electron chi connectivity index (χ1n) is 17.7. The summed E-state index contributed by atoms with van der Waals surface area (Å²) in [7, 11) is 0. The number of hydrogen-bond donors (Lipinski definition) is 0. The molecule has 7 aromatic carbocycles. The second kappa shape index (κ2) is 11.4. The van der Waals surface area contributed by atoms with Gasteiger partial charge in [-0.05, 0) is 68.9 Å². The first kappa shape index (κ1) is 29.0. The maximum absolute atomic E-state index is 6.93. The molecule has 2 atom stereocenters. The zero-order chi connectivity index (χ0) is 34.2. The van der Waals surface area contributed by atoms with Crippen molar-refractivity contribution in [2.75, 3.05) is 0 Å². The summed E-state index contributed by atoms with van der Waals surface area (Å²) >= 11 is 0. The van der Waals surface area contributed by atoms with Crippen LogP contribution in [0.1, 0.15) is 34.3 Å². The van der Waals surface area contributed by atoms with Crippen molar-refractivity contribution in [3.05, 3.63) is 186 Å². The van der Waals surface area contributed by atoms with E-state index in [1.165, 1.54) is 49.7 Å². The smallest absolute Gasteiger partial charge is 0.180 e. The minimum Gasteiger partial charge on any atom is -0.484 e. The van der Waals surface area contributed by atoms with Crippen LogP contribution in [0.3, 0.4) is 0 Å². The summed E-state index contributed by atoms with van der Waals surface area (Å²) in [6.07, 6.45) is 2.21. The highest BCUT2D eigenvalue weighted by atomic mass is 16.5. The van der Waals surface area contributed by atoms with E-state index in [1.54, 1.807) is 0 Å². The van der Waals surface area contributed by atoms with Gasteiger partial charge in [-0.3, -0.25) is 0 Å². The Kier molecular flexibility index (Phi) is 6.34. The molecule has 1 aliphatic carbocycles. The Morgan fingerprint density at radius 2 is 1.23 bits per heavy atom. The highest BCUT2D eigenvalue weighted by Gasteiger charge is 2.41. The third-order valence-corrected chi connectivity index (χ3v) is 10.7. The molecule has 0 spiro atoms. The van der Waals surface area contributed by atoms with Gasteiger partial charge in [-0.2, -0.15) is 0 Å². The van der Waals surface area contributed by atoms with Gasteiger partial charge in [-0.1, -0.05) is 140 Å². The fraction of sp³-hybridized carbons (Fsp3) is 0.0417. The normalized spacial score (nSPS) is 16.0. The van der Waals surface area contributed by atoms with Gasteiger partial charge in [0.2, 0.25) is 0 Å². The molecule has 0 N–H and O–H groups in total. The average Bonchev–Trinajstić information content (AvgIpc) is 3.79. The number of hydrogen-bond acceptors (Lipinski definition) is 4. The van der Waals surface area contributed by atoms with Crippen molar-refractivity contribution in [1.29, 1.82) is 0 Å². The maximum Gasteiger partial charge on any atom is 0.180 e. The summed E-state index contributed by atoms with van der Waals surface area (Å²) in [5.41, 5.74) is 13.4. The molecule has 3 heterocycles. The summed E-state index contributed by atoms with van der Waals surface area (Å²) in [5, 5.41) is 3.47. The first-order chi connectivity index (χ1) is 25.7. The van der Waals surface area contributed by atoms with Crippen molar-refractivity contribution in [2.24, 2.45) is 0 Å². The fourth-order valence-electron chi connectivity index (χ4n) is 8.13. The number of benzene rings is 7. The molecular weight excluding hydrogens is 637 g/mol. The standard InChI is InChI=1S/C48H30N2O2/c1-2-11-32(12-3-1)44-47-45(39-16-8-9-17-41(39)51-47)50-48(49-44)36-24-25-38-42(28-36)52-46-37-15-7-6-14-35(37)27-40(43(38)46)31-21-18-30(19-22-31)34-23-20-29-10-4-5-13-33(29)26-34/h1-28,43,46H. The monoisotopic (exact) mass is 666 g/mol. The first-order valence-corrected chi connectivity index (χ1v) is 17.7. The van der Waals surface area contributed by atoms with E-state index in [2.05, 4.69) is 133 Å². The summed E-state index contributed by atoms with van der Waals surface area (Å²) in [5.74, 6) is 1.55. The number of ether oxygens (including phenoxy) is 1. The molecular formula is C48H30N2O2. The van der Waals surface area contributed by atoms with Crippen molar-refractivity contribution >= 4 is 44.5 Å². The molecule has 2 unspecified atom stereocenters. The topological polar surface area (TPSA) is 48.2 Å².